The molecule has 0 saturated carbocycles. The number of ether oxygens (including phenoxy) is 1. The summed E-state index contributed by atoms with van der Waals surface area (Å²) in [7, 11) is 1.76. The molecule has 29 heavy (non-hydrogen) atoms. The van der Waals surface area contributed by atoms with Crippen molar-refractivity contribution < 1.29 is 4.74 Å². The van der Waals surface area contributed by atoms with Gasteiger partial charge in [0.2, 0.25) is 0 Å². The largest absolute Gasteiger partial charge is 0.495 e. The predicted octanol–water partition coefficient (Wildman–Crippen LogP) is 3.23. The highest BCUT2D eigenvalue weighted by atomic mass is 16.5. The number of rotatable bonds is 6. The maximum atomic E-state index is 5.56. The molecule has 156 valence electrons. The molecule has 2 saturated heterocycles. The highest BCUT2D eigenvalue weighted by Gasteiger charge is 2.29. The van der Waals surface area contributed by atoms with Crippen molar-refractivity contribution in [3.63, 3.8) is 0 Å². The fourth-order valence-corrected chi connectivity index (χ4v) is 4.75. The van der Waals surface area contributed by atoms with Gasteiger partial charge in [0.05, 0.1) is 12.8 Å². The van der Waals surface area contributed by atoms with Crippen LogP contribution in [0.4, 0.5) is 11.5 Å². The van der Waals surface area contributed by atoms with Crippen LogP contribution in [0.15, 0.2) is 36.8 Å². The van der Waals surface area contributed by atoms with Gasteiger partial charge in [-0.25, -0.2) is 9.97 Å². The normalized spacial score (nSPS) is 20.7. The Morgan fingerprint density at radius 2 is 1.90 bits per heavy atom. The number of nitrogens with zero attached hydrogens (tertiary/aromatic N) is 5. The summed E-state index contributed by atoms with van der Waals surface area (Å²) in [6, 6.07) is 8.96. The molecule has 0 aliphatic carbocycles. The molecule has 1 unspecified atom stereocenters. The summed E-state index contributed by atoms with van der Waals surface area (Å²) in [4.78, 5) is 16.5. The lowest BCUT2D eigenvalue weighted by atomic mass is 10.0. The standard InChI is InChI=1S/C23H33N5O/c1-3-7-19-16-24-18-25-23(19)28-11-6-8-20(17-28)26-12-14-27(15-13-26)21-9-4-5-10-22(21)29-2/h4-5,9-10,16,18,20H,3,6-8,11-15,17H2,1-2H3. The second-order valence-corrected chi connectivity index (χ2v) is 8.06. The van der Waals surface area contributed by atoms with E-state index in [-0.39, 0.29) is 0 Å². The number of aryl methyl sites for hydroxylation is 1. The van der Waals surface area contributed by atoms with E-state index >= 15 is 0 Å². The summed E-state index contributed by atoms with van der Waals surface area (Å²) in [5.41, 5.74) is 2.50. The van der Waals surface area contributed by atoms with Gasteiger partial charge in [0.15, 0.2) is 0 Å². The third-order valence-corrected chi connectivity index (χ3v) is 6.24. The van der Waals surface area contributed by atoms with E-state index in [0.29, 0.717) is 6.04 Å². The Hall–Kier alpha value is -2.34. The molecule has 6 nitrogen and oxygen atoms in total. The van der Waals surface area contributed by atoms with Gasteiger partial charge in [0.1, 0.15) is 17.9 Å². The number of para-hydroxylation sites is 2. The number of methoxy groups -OCH3 is 1. The van der Waals surface area contributed by atoms with Gasteiger partial charge in [-0.05, 0) is 31.4 Å². The molecule has 0 N–H and O–H groups in total. The van der Waals surface area contributed by atoms with Gasteiger partial charge in [0, 0.05) is 57.1 Å². The van der Waals surface area contributed by atoms with Crippen LogP contribution in [0.25, 0.3) is 0 Å². The minimum absolute atomic E-state index is 0.605. The minimum Gasteiger partial charge on any atom is -0.495 e. The van der Waals surface area contributed by atoms with Gasteiger partial charge in [-0.15, -0.1) is 0 Å². The van der Waals surface area contributed by atoms with Crippen molar-refractivity contribution in [2.24, 2.45) is 0 Å². The molecule has 1 atom stereocenters. The van der Waals surface area contributed by atoms with E-state index in [2.05, 4.69) is 49.8 Å². The number of aromatic nitrogens is 2. The van der Waals surface area contributed by atoms with E-state index in [0.717, 1.165) is 63.7 Å². The third kappa shape index (κ3) is 4.47. The van der Waals surface area contributed by atoms with Gasteiger partial charge >= 0.3 is 0 Å². The molecule has 0 bridgehead atoms. The first-order chi connectivity index (χ1) is 14.3. The second-order valence-electron chi connectivity index (χ2n) is 8.06. The van der Waals surface area contributed by atoms with Gasteiger partial charge in [-0.3, -0.25) is 4.90 Å². The maximum Gasteiger partial charge on any atom is 0.142 e. The fourth-order valence-electron chi connectivity index (χ4n) is 4.75. The van der Waals surface area contributed by atoms with Gasteiger partial charge in [-0.1, -0.05) is 25.5 Å². The summed E-state index contributed by atoms with van der Waals surface area (Å²) in [5, 5.41) is 0. The zero-order valence-corrected chi connectivity index (χ0v) is 17.8. The van der Waals surface area contributed by atoms with E-state index < -0.39 is 0 Å². The Labute approximate surface area is 174 Å². The molecule has 0 amide bonds. The summed E-state index contributed by atoms with van der Waals surface area (Å²) in [5.74, 6) is 2.12. The van der Waals surface area contributed by atoms with Crippen molar-refractivity contribution in [3.8, 4) is 5.75 Å². The maximum absolute atomic E-state index is 5.56. The van der Waals surface area contributed by atoms with E-state index in [1.807, 2.05) is 12.3 Å². The number of piperidine rings is 1. The SMILES string of the molecule is CCCc1cncnc1N1CCCC(N2CCN(c3ccccc3OC)CC2)C1. The van der Waals surface area contributed by atoms with Crippen LogP contribution in [0, 0.1) is 0 Å². The quantitative estimate of drug-likeness (QED) is 0.748. The van der Waals surface area contributed by atoms with Crippen LogP contribution >= 0.6 is 0 Å². The van der Waals surface area contributed by atoms with Crippen LogP contribution in [0.3, 0.4) is 0 Å². The Kier molecular flexibility index (Phi) is 6.49. The van der Waals surface area contributed by atoms with E-state index in [4.69, 9.17) is 4.74 Å². The number of anilines is 2. The third-order valence-electron chi connectivity index (χ3n) is 6.24. The van der Waals surface area contributed by atoms with E-state index in [1.165, 1.54) is 24.1 Å². The Bertz CT molecular complexity index is 790. The van der Waals surface area contributed by atoms with Gasteiger partial charge < -0.3 is 14.5 Å². The van der Waals surface area contributed by atoms with E-state index in [9.17, 15) is 0 Å². The van der Waals surface area contributed by atoms with Crippen molar-refractivity contribution in [2.75, 3.05) is 56.2 Å². The molecular weight excluding hydrogens is 362 g/mol. The lowest BCUT2D eigenvalue weighted by Gasteiger charge is -2.44. The molecule has 6 heteroatoms. The lowest BCUT2D eigenvalue weighted by molar-refractivity contribution is 0.166. The monoisotopic (exact) mass is 395 g/mol. The summed E-state index contributed by atoms with van der Waals surface area (Å²) in [6.07, 6.45) is 8.38. The zero-order valence-electron chi connectivity index (χ0n) is 17.8. The number of hydrogen-bond donors (Lipinski definition) is 0. The van der Waals surface area contributed by atoms with Crippen molar-refractivity contribution in [2.45, 2.75) is 38.6 Å². The molecule has 4 rings (SSSR count). The summed E-state index contributed by atoms with van der Waals surface area (Å²) >= 11 is 0. The van der Waals surface area contributed by atoms with Crippen molar-refractivity contribution in [1.82, 2.24) is 14.9 Å². The molecule has 0 spiro atoms. The number of benzene rings is 1. The fraction of sp³-hybridized carbons (Fsp3) is 0.565. The Morgan fingerprint density at radius 1 is 1.07 bits per heavy atom. The van der Waals surface area contributed by atoms with Crippen LogP contribution in [0.2, 0.25) is 0 Å². The predicted molar refractivity (Wildman–Crippen MR) is 118 cm³/mol. The molecule has 3 heterocycles. The van der Waals surface area contributed by atoms with Crippen LogP contribution in [0.5, 0.6) is 5.75 Å². The number of piperazine rings is 1. The molecule has 2 aliphatic rings. The van der Waals surface area contributed by atoms with Gasteiger partial charge in [0.25, 0.3) is 0 Å². The Morgan fingerprint density at radius 3 is 2.69 bits per heavy atom. The zero-order chi connectivity index (χ0) is 20.1. The average molecular weight is 396 g/mol. The minimum atomic E-state index is 0.605. The topological polar surface area (TPSA) is 44.7 Å². The molecule has 2 aromatic rings. The van der Waals surface area contributed by atoms with Crippen LogP contribution in [-0.2, 0) is 6.42 Å². The van der Waals surface area contributed by atoms with Crippen LogP contribution < -0.4 is 14.5 Å². The van der Waals surface area contributed by atoms with Crippen molar-refractivity contribution in [1.29, 1.82) is 0 Å². The van der Waals surface area contributed by atoms with Crippen LogP contribution in [-0.4, -0.2) is 67.3 Å². The van der Waals surface area contributed by atoms with Crippen molar-refractivity contribution in [3.05, 3.63) is 42.4 Å². The molecule has 2 aliphatic heterocycles. The molecular formula is C23H33N5O. The first-order valence-electron chi connectivity index (χ1n) is 11.0. The second kappa shape index (κ2) is 9.44. The van der Waals surface area contributed by atoms with Crippen LogP contribution in [0.1, 0.15) is 31.7 Å². The van der Waals surface area contributed by atoms with Crippen molar-refractivity contribution >= 4 is 11.5 Å². The van der Waals surface area contributed by atoms with E-state index in [1.54, 1.807) is 13.4 Å². The summed E-state index contributed by atoms with van der Waals surface area (Å²) < 4.78 is 5.56. The number of hydrogen-bond acceptors (Lipinski definition) is 6. The average Bonchev–Trinajstić information content (AvgIpc) is 2.80. The lowest BCUT2D eigenvalue weighted by Crippen LogP contribution is -2.55. The molecule has 0 radical (unpaired) electrons. The molecule has 2 fully saturated rings. The highest BCUT2D eigenvalue weighted by molar-refractivity contribution is 5.58. The smallest absolute Gasteiger partial charge is 0.142 e. The first kappa shape index (κ1) is 20.0. The first-order valence-corrected chi connectivity index (χ1v) is 11.0. The Balaban J connectivity index is 1.39. The molecule has 1 aromatic carbocycles. The summed E-state index contributed by atoms with van der Waals surface area (Å²) in [6.45, 7) is 8.69. The molecule has 1 aromatic heterocycles. The highest BCUT2D eigenvalue weighted by Crippen LogP contribution is 2.30. The van der Waals surface area contributed by atoms with Gasteiger partial charge in [-0.2, -0.15) is 0 Å².